The Labute approximate surface area is 153 Å². The van der Waals surface area contributed by atoms with Crippen LogP contribution in [0.3, 0.4) is 0 Å². The number of carbonyl (C=O) groups is 1. The minimum absolute atomic E-state index is 0.0890. The van der Waals surface area contributed by atoms with Crippen molar-refractivity contribution in [2.75, 3.05) is 10.6 Å². The topological polar surface area (TPSA) is 76.1 Å². The fraction of sp³-hybridized carbons (Fsp3) is 0.312. The highest BCUT2D eigenvalue weighted by Crippen LogP contribution is 2.21. The summed E-state index contributed by atoms with van der Waals surface area (Å²) in [6.07, 6.45) is 0.576. The summed E-state index contributed by atoms with van der Waals surface area (Å²) in [4.78, 5) is 19.8. The number of alkyl halides is 1. The van der Waals surface area contributed by atoms with E-state index in [1.807, 2.05) is 0 Å². The van der Waals surface area contributed by atoms with Crippen molar-refractivity contribution >= 4 is 45.9 Å². The normalized spacial score (nSPS) is 11.0. The minimum Gasteiger partial charge on any atom is -0.444 e. The number of rotatable bonds is 4. The molecule has 0 aliphatic heterocycles. The number of benzene rings is 1. The van der Waals surface area contributed by atoms with Crippen LogP contribution in [0.2, 0.25) is 0 Å². The van der Waals surface area contributed by atoms with Crippen LogP contribution < -0.4 is 10.6 Å². The molecule has 2 N–H and O–H groups in total. The molecule has 128 valence electrons. The third-order valence-corrected chi connectivity index (χ3v) is 3.37. The molecule has 0 radical (unpaired) electrons. The van der Waals surface area contributed by atoms with Gasteiger partial charge in [0.15, 0.2) is 11.6 Å². The molecule has 0 unspecified atom stereocenters. The molecule has 0 saturated carbocycles. The van der Waals surface area contributed by atoms with Crippen molar-refractivity contribution in [3.05, 3.63) is 42.1 Å². The Morgan fingerprint density at radius 2 is 2.04 bits per heavy atom. The molecule has 1 aromatic heterocycles. The minimum atomic E-state index is -0.583. The van der Waals surface area contributed by atoms with Gasteiger partial charge in [-0.3, -0.25) is 5.32 Å². The molecule has 2 rings (SSSR count). The number of nitrogens with zero attached hydrogens (tertiary/aromatic N) is 2. The van der Waals surface area contributed by atoms with Crippen molar-refractivity contribution in [1.29, 1.82) is 0 Å². The Morgan fingerprint density at radius 1 is 1.33 bits per heavy atom. The van der Waals surface area contributed by atoms with E-state index < -0.39 is 17.5 Å². The summed E-state index contributed by atoms with van der Waals surface area (Å²) in [6.45, 7) is 5.35. The number of anilines is 3. The maximum absolute atomic E-state index is 13.8. The third kappa shape index (κ3) is 5.59. The van der Waals surface area contributed by atoms with Crippen molar-refractivity contribution in [1.82, 2.24) is 9.97 Å². The summed E-state index contributed by atoms with van der Waals surface area (Å²) >= 11 is 2.11. The summed E-state index contributed by atoms with van der Waals surface area (Å²) in [5.74, 6) is 0.0720. The van der Waals surface area contributed by atoms with Gasteiger partial charge in [-0.1, -0.05) is 28.7 Å². The summed E-state index contributed by atoms with van der Waals surface area (Å²) in [5, 5.41) is 5.52. The monoisotopic (exact) mass is 444 g/mol. The Balaban J connectivity index is 2.12. The van der Waals surface area contributed by atoms with Crippen LogP contribution in [0.25, 0.3) is 0 Å². The molecule has 0 aliphatic carbocycles. The number of halogens is 2. The van der Waals surface area contributed by atoms with Gasteiger partial charge in [0, 0.05) is 11.4 Å². The first kappa shape index (κ1) is 18.4. The Hall–Kier alpha value is -1.97. The van der Waals surface area contributed by atoms with E-state index in [2.05, 4.69) is 43.2 Å². The molecule has 1 heterocycles. The summed E-state index contributed by atoms with van der Waals surface area (Å²) in [6, 6.07) is 6.84. The number of hydrogen-bond acceptors (Lipinski definition) is 5. The Kier molecular flexibility index (Phi) is 5.92. The second-order valence-corrected chi connectivity index (χ2v) is 6.71. The van der Waals surface area contributed by atoms with Crippen LogP contribution in [0.4, 0.5) is 26.4 Å². The zero-order chi connectivity index (χ0) is 17.7. The highest BCUT2D eigenvalue weighted by Gasteiger charge is 2.16. The van der Waals surface area contributed by atoms with Crippen molar-refractivity contribution < 1.29 is 13.9 Å². The van der Waals surface area contributed by atoms with E-state index >= 15 is 0 Å². The van der Waals surface area contributed by atoms with E-state index in [1.54, 1.807) is 45.0 Å². The van der Waals surface area contributed by atoms with Crippen molar-refractivity contribution in [2.24, 2.45) is 0 Å². The second-order valence-electron chi connectivity index (χ2n) is 5.95. The van der Waals surface area contributed by atoms with Crippen LogP contribution in [0, 0.1) is 5.82 Å². The van der Waals surface area contributed by atoms with Gasteiger partial charge in [-0.05, 0) is 39.0 Å². The number of amides is 1. The Bertz CT molecular complexity index is 734. The maximum atomic E-state index is 13.8. The summed E-state index contributed by atoms with van der Waals surface area (Å²) < 4.78 is 19.6. The molecule has 6 nitrogen and oxygen atoms in total. The number of aromatic nitrogens is 2. The lowest BCUT2D eigenvalue weighted by Gasteiger charge is -2.19. The van der Waals surface area contributed by atoms with E-state index in [9.17, 15) is 9.18 Å². The molecule has 8 heteroatoms. The van der Waals surface area contributed by atoms with Crippen molar-refractivity contribution in [3.63, 3.8) is 0 Å². The summed E-state index contributed by atoms with van der Waals surface area (Å²) in [7, 11) is 0. The zero-order valence-electron chi connectivity index (χ0n) is 13.6. The standard InChI is InChI=1S/C16H18FIN4O2/c1-16(2,3)24-15(23)21-11-6-4-5-10(7-11)20-14-12(17)9-19-13(8-18)22-14/h4-7,9H,8H2,1-3H3,(H,21,23)(H,19,20,22). The largest absolute Gasteiger partial charge is 0.444 e. The zero-order valence-corrected chi connectivity index (χ0v) is 15.7. The molecule has 0 spiro atoms. The van der Waals surface area contributed by atoms with E-state index in [0.717, 1.165) is 6.20 Å². The van der Waals surface area contributed by atoms with Crippen LogP contribution >= 0.6 is 22.6 Å². The maximum Gasteiger partial charge on any atom is 0.412 e. The van der Waals surface area contributed by atoms with E-state index in [4.69, 9.17) is 4.74 Å². The van der Waals surface area contributed by atoms with E-state index in [1.165, 1.54) is 0 Å². The molecule has 0 aliphatic rings. The number of nitrogens with one attached hydrogen (secondary N) is 2. The average molecular weight is 444 g/mol. The van der Waals surface area contributed by atoms with Gasteiger partial charge in [0.2, 0.25) is 0 Å². The lowest BCUT2D eigenvalue weighted by molar-refractivity contribution is 0.0636. The molecular weight excluding hydrogens is 426 g/mol. The molecule has 1 aromatic carbocycles. The highest BCUT2D eigenvalue weighted by atomic mass is 127. The highest BCUT2D eigenvalue weighted by molar-refractivity contribution is 14.1. The quantitative estimate of drug-likeness (QED) is 0.531. The van der Waals surface area contributed by atoms with Gasteiger partial charge >= 0.3 is 6.09 Å². The predicted molar refractivity (Wildman–Crippen MR) is 99.3 cm³/mol. The third-order valence-electron chi connectivity index (χ3n) is 2.68. The van der Waals surface area contributed by atoms with Gasteiger partial charge < -0.3 is 10.1 Å². The summed E-state index contributed by atoms with van der Waals surface area (Å²) in [5.41, 5.74) is 0.526. The van der Waals surface area contributed by atoms with Crippen LogP contribution in [0.5, 0.6) is 0 Å². The lowest BCUT2D eigenvalue weighted by atomic mass is 10.2. The van der Waals surface area contributed by atoms with Gasteiger partial charge in [-0.2, -0.15) is 0 Å². The first-order valence-electron chi connectivity index (χ1n) is 7.21. The lowest BCUT2D eigenvalue weighted by Crippen LogP contribution is -2.27. The van der Waals surface area contributed by atoms with E-state index in [-0.39, 0.29) is 5.82 Å². The SMILES string of the molecule is CC(C)(C)OC(=O)Nc1cccc(Nc2nc(CI)ncc2F)c1. The first-order chi connectivity index (χ1) is 11.3. The van der Waals surface area contributed by atoms with Crippen molar-refractivity contribution in [3.8, 4) is 0 Å². The van der Waals surface area contributed by atoms with Crippen LogP contribution in [0.1, 0.15) is 26.6 Å². The molecule has 0 fully saturated rings. The number of hydrogen-bond donors (Lipinski definition) is 2. The molecule has 1 amide bonds. The number of carbonyl (C=O) groups excluding carboxylic acids is 1. The van der Waals surface area contributed by atoms with Gasteiger partial charge in [0.25, 0.3) is 0 Å². The number of ether oxygens (including phenoxy) is 1. The first-order valence-corrected chi connectivity index (χ1v) is 8.74. The van der Waals surface area contributed by atoms with Gasteiger partial charge in [-0.15, -0.1) is 0 Å². The van der Waals surface area contributed by atoms with Gasteiger partial charge in [-0.25, -0.2) is 19.2 Å². The molecule has 0 bridgehead atoms. The van der Waals surface area contributed by atoms with Crippen molar-refractivity contribution in [2.45, 2.75) is 30.8 Å². The van der Waals surface area contributed by atoms with Crippen LogP contribution in [-0.2, 0) is 9.16 Å². The molecular formula is C16H18FIN4O2. The van der Waals surface area contributed by atoms with E-state index in [0.29, 0.717) is 21.6 Å². The van der Waals surface area contributed by atoms with Crippen LogP contribution in [-0.4, -0.2) is 21.7 Å². The smallest absolute Gasteiger partial charge is 0.412 e. The molecule has 0 atom stereocenters. The average Bonchev–Trinajstić information content (AvgIpc) is 2.48. The molecule has 24 heavy (non-hydrogen) atoms. The van der Waals surface area contributed by atoms with Gasteiger partial charge in [0.1, 0.15) is 11.4 Å². The van der Waals surface area contributed by atoms with Gasteiger partial charge in [0.05, 0.1) is 10.6 Å². The molecule has 2 aromatic rings. The fourth-order valence-electron chi connectivity index (χ4n) is 1.79. The fourth-order valence-corrected chi connectivity index (χ4v) is 2.16. The van der Waals surface area contributed by atoms with Crippen LogP contribution in [0.15, 0.2) is 30.5 Å². The molecule has 0 saturated heterocycles. The predicted octanol–water partition coefficient (Wildman–Crippen LogP) is 4.64. The Morgan fingerprint density at radius 3 is 2.71 bits per heavy atom. The second kappa shape index (κ2) is 7.73.